The first kappa shape index (κ1) is 39.0. The second-order valence-electron chi connectivity index (χ2n) is 22.1. The first-order chi connectivity index (χ1) is 32.2. The molecule has 1 aromatic heterocycles. The molecule has 322 valence electrons. The molecule has 0 unspecified atom stereocenters. The van der Waals surface area contributed by atoms with Crippen molar-refractivity contribution in [1.29, 1.82) is 0 Å². The predicted molar refractivity (Wildman–Crippen MR) is 282 cm³/mol. The lowest BCUT2D eigenvalue weighted by atomic mass is 9.73. The molecule has 2 heterocycles. The van der Waals surface area contributed by atoms with Gasteiger partial charge in [0.05, 0.1) is 16.7 Å². The van der Waals surface area contributed by atoms with Crippen molar-refractivity contribution in [1.82, 2.24) is 4.57 Å². The van der Waals surface area contributed by atoms with Crippen molar-refractivity contribution in [3.63, 3.8) is 0 Å². The molecule has 0 amide bonds. The number of rotatable bonds is 3. The molecule has 1 nitrogen and oxygen atoms in total. The SMILES string of the molecule is CC1(C)c2ccccc2-c2cc(-c3ccc4c(c3)C(C)(C)c3cc(-c5ccc6c(c5)C(C)(C)c5ccccc5-6)cc5c6cc(-c7ccc8c(c7)-c7ccccc7C8(C)C)ccc6n-4c35)ccc21. The van der Waals surface area contributed by atoms with Crippen LogP contribution in [0.1, 0.15) is 99.9 Å². The summed E-state index contributed by atoms with van der Waals surface area (Å²) in [7, 11) is 0. The van der Waals surface area contributed by atoms with Gasteiger partial charge in [0.15, 0.2) is 0 Å². The van der Waals surface area contributed by atoms with Crippen LogP contribution in [-0.4, -0.2) is 4.57 Å². The lowest BCUT2D eigenvalue weighted by Gasteiger charge is -2.35. The minimum atomic E-state index is -0.287. The fraction of sp³-hybridized carbons (Fsp3) is 0.182. The number of nitrogens with zero attached hydrogens (tertiary/aromatic N) is 1. The third-order valence-electron chi connectivity index (χ3n) is 17.2. The van der Waals surface area contributed by atoms with E-state index in [1.54, 1.807) is 0 Å². The topological polar surface area (TPSA) is 4.93 Å². The number of hydrogen-bond donors (Lipinski definition) is 0. The second kappa shape index (κ2) is 12.8. The zero-order valence-electron chi connectivity index (χ0n) is 39.7. The van der Waals surface area contributed by atoms with Crippen LogP contribution < -0.4 is 0 Å². The molecule has 0 spiro atoms. The molecule has 0 atom stereocenters. The summed E-state index contributed by atoms with van der Waals surface area (Å²) in [6.45, 7) is 19.1. The number of fused-ring (bicyclic) bond motifs is 14. The Bertz CT molecular complexity index is 3860. The Morgan fingerprint density at radius 1 is 0.269 bits per heavy atom. The molecule has 1 heteroatoms. The molecule has 0 bridgehead atoms. The molecule has 67 heavy (non-hydrogen) atoms. The van der Waals surface area contributed by atoms with E-state index in [0.717, 1.165) is 0 Å². The first-order valence-corrected chi connectivity index (χ1v) is 24.2. The number of hydrogen-bond acceptors (Lipinski definition) is 0. The summed E-state index contributed by atoms with van der Waals surface area (Å²) in [6, 6.07) is 68.1. The highest BCUT2D eigenvalue weighted by Crippen LogP contribution is 2.55. The van der Waals surface area contributed by atoms with Gasteiger partial charge >= 0.3 is 0 Å². The molecule has 4 aliphatic rings. The molecule has 14 rings (SSSR count). The fourth-order valence-electron chi connectivity index (χ4n) is 13.5. The predicted octanol–water partition coefficient (Wildman–Crippen LogP) is 17.3. The van der Waals surface area contributed by atoms with Crippen molar-refractivity contribution in [2.24, 2.45) is 0 Å². The van der Waals surface area contributed by atoms with Crippen molar-refractivity contribution >= 4 is 21.8 Å². The Labute approximate surface area is 394 Å². The standard InChI is InChI=1S/C66H53N/c1-63(2)53-19-13-10-16-45(53)48-31-38(22-27-55(48)63)40-24-29-60-50(33-40)51-34-43(42-21-26-47-44-15-9-12-18-52(44)65(5,6)57(47)35-42)37-59-62(51)67(60)61-30-25-41(36-58(61)66(59,7)8)39-23-28-56-49(32-39)46-17-11-14-20-54(46)64(56,3)4/h9-37H,1-8H3. The quantitative estimate of drug-likeness (QED) is 0.167. The lowest BCUT2D eigenvalue weighted by molar-refractivity contribution is 0.630. The van der Waals surface area contributed by atoms with Gasteiger partial charge in [-0.1, -0.05) is 177 Å². The van der Waals surface area contributed by atoms with E-state index >= 15 is 0 Å². The van der Waals surface area contributed by atoms with Gasteiger partial charge in [-0.3, -0.25) is 0 Å². The third kappa shape index (κ3) is 4.99. The highest BCUT2D eigenvalue weighted by atomic mass is 15.0. The summed E-state index contributed by atoms with van der Waals surface area (Å²) in [4.78, 5) is 0. The van der Waals surface area contributed by atoms with E-state index in [4.69, 9.17) is 0 Å². The van der Waals surface area contributed by atoms with E-state index < -0.39 is 0 Å². The molecule has 0 fully saturated rings. The summed E-state index contributed by atoms with van der Waals surface area (Å²) in [5, 5.41) is 2.60. The van der Waals surface area contributed by atoms with Crippen molar-refractivity contribution in [3.05, 3.63) is 220 Å². The van der Waals surface area contributed by atoms with Crippen LogP contribution >= 0.6 is 0 Å². The molecule has 0 N–H and O–H groups in total. The van der Waals surface area contributed by atoms with E-state index in [1.807, 2.05) is 0 Å². The van der Waals surface area contributed by atoms with Crippen LogP contribution in [0.2, 0.25) is 0 Å². The van der Waals surface area contributed by atoms with Gasteiger partial charge < -0.3 is 4.57 Å². The molecule has 0 saturated carbocycles. The smallest absolute Gasteiger partial charge is 0.0582 e. The van der Waals surface area contributed by atoms with E-state index in [2.05, 4.69) is 236 Å². The minimum absolute atomic E-state index is 0.0219. The maximum absolute atomic E-state index is 2.59. The highest BCUT2D eigenvalue weighted by Gasteiger charge is 2.40. The van der Waals surface area contributed by atoms with Crippen LogP contribution in [0.3, 0.4) is 0 Å². The molecule has 0 radical (unpaired) electrons. The molecule has 3 aliphatic carbocycles. The summed E-state index contributed by atoms with van der Waals surface area (Å²) in [5.41, 5.74) is 30.3. The van der Waals surface area contributed by atoms with Crippen LogP contribution in [0, 0.1) is 0 Å². The Morgan fingerprint density at radius 3 is 1.27 bits per heavy atom. The number of aromatic nitrogens is 1. The van der Waals surface area contributed by atoms with Crippen LogP contribution in [0.25, 0.3) is 94.3 Å². The van der Waals surface area contributed by atoms with Crippen molar-refractivity contribution in [3.8, 4) is 72.4 Å². The fourth-order valence-corrected chi connectivity index (χ4v) is 13.5. The average molecular weight is 860 g/mol. The molecule has 1 aliphatic heterocycles. The van der Waals surface area contributed by atoms with Gasteiger partial charge in [0.25, 0.3) is 0 Å². The molecule has 10 aromatic rings. The average Bonchev–Trinajstić information content (AvgIpc) is 3.96. The van der Waals surface area contributed by atoms with Gasteiger partial charge in [-0.2, -0.15) is 0 Å². The van der Waals surface area contributed by atoms with Gasteiger partial charge in [0.2, 0.25) is 0 Å². The van der Waals surface area contributed by atoms with Crippen LogP contribution in [0.5, 0.6) is 0 Å². The maximum Gasteiger partial charge on any atom is 0.0582 e. The highest BCUT2D eigenvalue weighted by molar-refractivity contribution is 6.14. The molecule has 9 aromatic carbocycles. The summed E-state index contributed by atoms with van der Waals surface area (Å²) >= 11 is 0. The normalized spacial score (nSPS) is 16.5. The Morgan fingerprint density at radius 2 is 0.657 bits per heavy atom. The monoisotopic (exact) mass is 859 g/mol. The van der Waals surface area contributed by atoms with Crippen LogP contribution in [0.15, 0.2) is 176 Å². The van der Waals surface area contributed by atoms with Gasteiger partial charge in [-0.15, -0.1) is 0 Å². The van der Waals surface area contributed by atoms with Crippen LogP contribution in [0.4, 0.5) is 0 Å². The Balaban J connectivity index is 0.983. The summed E-state index contributed by atoms with van der Waals surface area (Å²) < 4.78 is 2.59. The van der Waals surface area contributed by atoms with E-state index in [-0.39, 0.29) is 21.7 Å². The van der Waals surface area contributed by atoms with Crippen LogP contribution in [-0.2, 0) is 21.7 Å². The molecular formula is C66H53N. The summed E-state index contributed by atoms with van der Waals surface area (Å²) in [5.74, 6) is 0. The van der Waals surface area contributed by atoms with Gasteiger partial charge in [-0.05, 0) is 166 Å². The first-order valence-electron chi connectivity index (χ1n) is 24.2. The lowest BCUT2D eigenvalue weighted by Crippen LogP contribution is -2.26. The summed E-state index contributed by atoms with van der Waals surface area (Å²) in [6.07, 6.45) is 0. The Hall–Kier alpha value is -7.22. The minimum Gasteiger partial charge on any atom is -0.309 e. The van der Waals surface area contributed by atoms with Crippen molar-refractivity contribution < 1.29 is 0 Å². The zero-order valence-corrected chi connectivity index (χ0v) is 39.7. The largest absolute Gasteiger partial charge is 0.309 e. The van der Waals surface area contributed by atoms with E-state index in [1.165, 1.54) is 139 Å². The van der Waals surface area contributed by atoms with Crippen molar-refractivity contribution in [2.45, 2.75) is 77.0 Å². The van der Waals surface area contributed by atoms with Crippen molar-refractivity contribution in [2.75, 3.05) is 0 Å². The van der Waals surface area contributed by atoms with E-state index in [0.29, 0.717) is 0 Å². The molecule has 0 saturated heterocycles. The third-order valence-corrected chi connectivity index (χ3v) is 17.2. The zero-order chi connectivity index (χ0) is 45.5. The molecular weight excluding hydrogens is 807 g/mol. The number of benzene rings is 9. The van der Waals surface area contributed by atoms with Gasteiger partial charge in [0, 0.05) is 32.4 Å². The Kier molecular flexibility index (Phi) is 7.45. The second-order valence-corrected chi connectivity index (χ2v) is 22.1. The van der Waals surface area contributed by atoms with Gasteiger partial charge in [-0.25, -0.2) is 0 Å². The van der Waals surface area contributed by atoms with Gasteiger partial charge in [0.1, 0.15) is 0 Å². The maximum atomic E-state index is 2.59. The van der Waals surface area contributed by atoms with E-state index in [9.17, 15) is 0 Å².